The van der Waals surface area contributed by atoms with Gasteiger partial charge in [0.25, 0.3) is 0 Å². The second-order valence-electron chi connectivity index (χ2n) is 5.71. The zero-order chi connectivity index (χ0) is 11.5. The monoisotopic (exact) mass is 210 g/mol. The second kappa shape index (κ2) is 4.91. The third-order valence-corrected chi connectivity index (χ3v) is 3.13. The van der Waals surface area contributed by atoms with E-state index in [-0.39, 0.29) is 11.6 Å². The molecule has 0 unspecified atom stereocenters. The van der Waals surface area contributed by atoms with E-state index in [0.717, 1.165) is 12.8 Å². The summed E-state index contributed by atoms with van der Waals surface area (Å²) in [5, 5.41) is 0. The Labute approximate surface area is 92.4 Å². The van der Waals surface area contributed by atoms with E-state index in [1.165, 1.54) is 19.3 Å². The fourth-order valence-electron chi connectivity index (χ4n) is 2.16. The molecule has 0 heterocycles. The number of hydrogen-bond acceptors (Lipinski definition) is 2. The van der Waals surface area contributed by atoms with Crippen LogP contribution in [0.5, 0.6) is 0 Å². The molecule has 0 radical (unpaired) electrons. The standard InChI is InChI=1S/C13H22O2/c1-13(2,3)12(15)11(14)9-10-7-5-4-6-8-10/h10H,4-9H2,1-3H3. The molecule has 0 saturated heterocycles. The Morgan fingerprint density at radius 2 is 1.60 bits per heavy atom. The van der Waals surface area contributed by atoms with Gasteiger partial charge in [-0.05, 0) is 5.92 Å². The lowest BCUT2D eigenvalue weighted by atomic mass is 9.81. The minimum absolute atomic E-state index is 0.158. The Balaban J connectivity index is 2.44. The fraction of sp³-hybridized carbons (Fsp3) is 0.846. The summed E-state index contributed by atoms with van der Waals surface area (Å²) in [6, 6.07) is 0. The average molecular weight is 210 g/mol. The van der Waals surface area contributed by atoms with Crippen LogP contribution in [-0.4, -0.2) is 11.6 Å². The first kappa shape index (κ1) is 12.4. The molecule has 1 fully saturated rings. The van der Waals surface area contributed by atoms with Gasteiger partial charge >= 0.3 is 0 Å². The van der Waals surface area contributed by atoms with Crippen molar-refractivity contribution in [3.05, 3.63) is 0 Å². The van der Waals surface area contributed by atoms with Crippen molar-refractivity contribution < 1.29 is 9.59 Å². The van der Waals surface area contributed by atoms with Crippen LogP contribution in [0.15, 0.2) is 0 Å². The SMILES string of the molecule is CC(C)(C)C(=O)C(=O)CC1CCCCC1. The van der Waals surface area contributed by atoms with Crippen LogP contribution in [0.25, 0.3) is 0 Å². The van der Waals surface area contributed by atoms with Gasteiger partial charge in [0.05, 0.1) is 0 Å². The molecule has 1 aliphatic rings. The van der Waals surface area contributed by atoms with Gasteiger partial charge in [-0.15, -0.1) is 0 Å². The molecule has 0 atom stereocenters. The smallest absolute Gasteiger partial charge is 0.203 e. The maximum absolute atomic E-state index is 11.7. The number of carbonyl (C=O) groups is 2. The molecule has 1 saturated carbocycles. The summed E-state index contributed by atoms with van der Waals surface area (Å²) in [4.78, 5) is 23.4. The van der Waals surface area contributed by atoms with Crippen LogP contribution in [0.1, 0.15) is 59.3 Å². The Morgan fingerprint density at radius 3 is 2.07 bits per heavy atom. The molecule has 0 N–H and O–H groups in total. The molecular formula is C13H22O2. The number of rotatable bonds is 3. The van der Waals surface area contributed by atoms with Crippen molar-refractivity contribution in [1.29, 1.82) is 0 Å². The van der Waals surface area contributed by atoms with Gasteiger partial charge in [-0.25, -0.2) is 0 Å². The van der Waals surface area contributed by atoms with Crippen molar-refractivity contribution in [2.75, 3.05) is 0 Å². The minimum atomic E-state index is -0.508. The van der Waals surface area contributed by atoms with E-state index in [1.54, 1.807) is 0 Å². The summed E-state index contributed by atoms with van der Waals surface area (Å²) in [5.41, 5.74) is -0.508. The quantitative estimate of drug-likeness (QED) is 0.671. The molecule has 0 aromatic rings. The number of carbonyl (C=O) groups excluding carboxylic acids is 2. The van der Waals surface area contributed by atoms with Crippen LogP contribution in [0.2, 0.25) is 0 Å². The fourth-order valence-corrected chi connectivity index (χ4v) is 2.16. The zero-order valence-corrected chi connectivity index (χ0v) is 10.1. The molecule has 1 rings (SSSR count). The van der Waals surface area contributed by atoms with Gasteiger partial charge in [0, 0.05) is 11.8 Å². The molecule has 15 heavy (non-hydrogen) atoms. The van der Waals surface area contributed by atoms with Gasteiger partial charge in [0.2, 0.25) is 5.78 Å². The van der Waals surface area contributed by atoms with E-state index in [0.29, 0.717) is 12.3 Å². The van der Waals surface area contributed by atoms with Crippen LogP contribution in [0.4, 0.5) is 0 Å². The first-order chi connectivity index (χ1) is 6.91. The summed E-state index contributed by atoms with van der Waals surface area (Å²) in [6.07, 6.45) is 6.48. The number of hydrogen-bond donors (Lipinski definition) is 0. The molecule has 2 heteroatoms. The third kappa shape index (κ3) is 3.77. The molecule has 1 aliphatic carbocycles. The van der Waals surface area contributed by atoms with Gasteiger partial charge in [0.1, 0.15) is 0 Å². The van der Waals surface area contributed by atoms with Crippen molar-refractivity contribution in [2.45, 2.75) is 59.3 Å². The summed E-state index contributed by atoms with van der Waals surface area (Å²) >= 11 is 0. The van der Waals surface area contributed by atoms with E-state index in [4.69, 9.17) is 0 Å². The predicted octanol–water partition coefficient (Wildman–Crippen LogP) is 3.14. The molecular weight excluding hydrogens is 188 g/mol. The first-order valence-electron chi connectivity index (χ1n) is 5.99. The van der Waals surface area contributed by atoms with Crippen molar-refractivity contribution in [2.24, 2.45) is 11.3 Å². The van der Waals surface area contributed by atoms with Gasteiger partial charge < -0.3 is 0 Å². The number of ketones is 2. The summed E-state index contributed by atoms with van der Waals surface area (Å²) in [5.74, 6) is 0.111. The zero-order valence-electron chi connectivity index (χ0n) is 10.1. The summed E-state index contributed by atoms with van der Waals surface area (Å²) in [6.45, 7) is 5.44. The molecule has 0 amide bonds. The van der Waals surface area contributed by atoms with Crippen LogP contribution < -0.4 is 0 Å². The van der Waals surface area contributed by atoms with Gasteiger partial charge in [-0.3, -0.25) is 9.59 Å². The lowest BCUT2D eigenvalue weighted by molar-refractivity contribution is -0.141. The maximum Gasteiger partial charge on any atom is 0.203 e. The topological polar surface area (TPSA) is 34.1 Å². The van der Waals surface area contributed by atoms with Gasteiger partial charge in [-0.1, -0.05) is 52.9 Å². The molecule has 86 valence electrons. The predicted molar refractivity (Wildman–Crippen MR) is 60.7 cm³/mol. The highest BCUT2D eigenvalue weighted by Crippen LogP contribution is 2.27. The highest BCUT2D eigenvalue weighted by atomic mass is 16.2. The molecule has 2 nitrogen and oxygen atoms in total. The van der Waals surface area contributed by atoms with Crippen molar-refractivity contribution in [3.63, 3.8) is 0 Å². The third-order valence-electron chi connectivity index (χ3n) is 3.13. The van der Waals surface area contributed by atoms with Crippen LogP contribution in [0.3, 0.4) is 0 Å². The second-order valence-corrected chi connectivity index (χ2v) is 5.71. The highest BCUT2D eigenvalue weighted by Gasteiger charge is 2.29. The largest absolute Gasteiger partial charge is 0.291 e. The number of Topliss-reactive ketones (excluding diaryl/α,β-unsaturated/α-hetero) is 2. The normalized spacial score (nSPS) is 18.9. The van der Waals surface area contributed by atoms with Gasteiger partial charge in [-0.2, -0.15) is 0 Å². The first-order valence-corrected chi connectivity index (χ1v) is 5.99. The van der Waals surface area contributed by atoms with E-state index < -0.39 is 5.41 Å². The van der Waals surface area contributed by atoms with E-state index in [1.807, 2.05) is 20.8 Å². The molecule has 0 aromatic heterocycles. The average Bonchev–Trinajstić information content (AvgIpc) is 2.16. The Morgan fingerprint density at radius 1 is 1.07 bits per heavy atom. The van der Waals surface area contributed by atoms with Crippen molar-refractivity contribution >= 4 is 11.6 Å². The Hall–Kier alpha value is -0.660. The van der Waals surface area contributed by atoms with Crippen molar-refractivity contribution in [3.8, 4) is 0 Å². The van der Waals surface area contributed by atoms with Crippen LogP contribution in [-0.2, 0) is 9.59 Å². The molecule has 0 aliphatic heterocycles. The summed E-state index contributed by atoms with van der Waals surface area (Å²) in [7, 11) is 0. The van der Waals surface area contributed by atoms with Crippen LogP contribution in [0, 0.1) is 11.3 Å². The van der Waals surface area contributed by atoms with Crippen LogP contribution >= 0.6 is 0 Å². The van der Waals surface area contributed by atoms with E-state index >= 15 is 0 Å². The van der Waals surface area contributed by atoms with Crippen molar-refractivity contribution in [1.82, 2.24) is 0 Å². The van der Waals surface area contributed by atoms with Gasteiger partial charge in [0.15, 0.2) is 5.78 Å². The summed E-state index contributed by atoms with van der Waals surface area (Å²) < 4.78 is 0. The maximum atomic E-state index is 11.7. The molecule has 0 bridgehead atoms. The van der Waals surface area contributed by atoms with E-state index in [2.05, 4.69) is 0 Å². The Bertz CT molecular complexity index is 242. The van der Waals surface area contributed by atoms with E-state index in [9.17, 15) is 9.59 Å². The lowest BCUT2D eigenvalue weighted by Crippen LogP contribution is -2.30. The molecule has 0 spiro atoms. The lowest BCUT2D eigenvalue weighted by Gasteiger charge is -2.22. The highest BCUT2D eigenvalue weighted by molar-refractivity contribution is 6.38. The molecule has 0 aromatic carbocycles. The minimum Gasteiger partial charge on any atom is -0.291 e. The Kier molecular flexibility index (Phi) is 4.06.